The van der Waals surface area contributed by atoms with Crippen LogP contribution in [0.3, 0.4) is 0 Å². The Morgan fingerprint density at radius 1 is 1.53 bits per heavy atom. The zero-order valence-electron chi connectivity index (χ0n) is 10.9. The molecule has 0 aromatic heterocycles. The highest BCUT2D eigenvalue weighted by Gasteiger charge is 2.34. The van der Waals surface area contributed by atoms with Crippen LogP contribution in [-0.2, 0) is 11.3 Å². The molecule has 1 fully saturated rings. The van der Waals surface area contributed by atoms with Crippen LogP contribution < -0.4 is 5.32 Å². The van der Waals surface area contributed by atoms with Crippen LogP contribution in [0.5, 0.6) is 0 Å². The number of hydrogen-bond acceptors (Lipinski definition) is 3. The molecule has 1 aromatic carbocycles. The number of methoxy groups -OCH3 is 1. The second kappa shape index (κ2) is 5.67. The molecular weight excluding hydrogens is 249 g/mol. The lowest BCUT2D eigenvalue weighted by Crippen LogP contribution is -2.47. The van der Waals surface area contributed by atoms with E-state index in [-0.39, 0.29) is 19.1 Å². The van der Waals surface area contributed by atoms with E-state index in [1.165, 1.54) is 25.3 Å². The van der Waals surface area contributed by atoms with Crippen LogP contribution in [0.1, 0.15) is 35.2 Å². The van der Waals surface area contributed by atoms with Gasteiger partial charge in [0.2, 0.25) is 0 Å². The minimum absolute atomic E-state index is 0.122. The number of ether oxygens (including phenoxy) is 1. The van der Waals surface area contributed by atoms with E-state index >= 15 is 0 Å². The Hall–Kier alpha value is -1.46. The Kier molecular flexibility index (Phi) is 4.17. The molecule has 0 saturated heterocycles. The van der Waals surface area contributed by atoms with Gasteiger partial charge >= 0.3 is 0 Å². The van der Waals surface area contributed by atoms with Crippen molar-refractivity contribution in [3.05, 3.63) is 35.1 Å². The minimum atomic E-state index is -0.759. The number of aliphatic hydroxyl groups is 1. The summed E-state index contributed by atoms with van der Waals surface area (Å²) >= 11 is 0. The van der Waals surface area contributed by atoms with E-state index < -0.39 is 11.4 Å². The van der Waals surface area contributed by atoms with Gasteiger partial charge < -0.3 is 15.2 Å². The summed E-state index contributed by atoms with van der Waals surface area (Å²) in [6.07, 6.45) is 2.41. The third-order valence-electron chi connectivity index (χ3n) is 3.47. The average molecular weight is 267 g/mol. The zero-order chi connectivity index (χ0) is 13.9. The van der Waals surface area contributed by atoms with Crippen molar-refractivity contribution in [3.8, 4) is 0 Å². The fraction of sp³-hybridized carbons (Fsp3) is 0.500. The maximum absolute atomic E-state index is 13.4. The number of rotatable bonds is 5. The maximum atomic E-state index is 13.4. The highest BCUT2D eigenvalue weighted by Crippen LogP contribution is 2.30. The molecule has 0 heterocycles. The fourth-order valence-electron chi connectivity index (χ4n) is 2.09. The molecule has 0 atom stereocenters. The van der Waals surface area contributed by atoms with Gasteiger partial charge in [0.1, 0.15) is 5.82 Å². The number of carbonyl (C=O) groups excluding carboxylic acids is 1. The molecule has 1 aliphatic carbocycles. The normalized spacial score (nSPS) is 16.8. The summed E-state index contributed by atoms with van der Waals surface area (Å²) in [5, 5.41) is 12.6. The molecule has 1 aromatic rings. The largest absolute Gasteiger partial charge is 0.388 e. The monoisotopic (exact) mass is 267 g/mol. The first-order valence-electron chi connectivity index (χ1n) is 6.32. The molecule has 104 valence electrons. The van der Waals surface area contributed by atoms with Gasteiger partial charge in [-0.15, -0.1) is 0 Å². The van der Waals surface area contributed by atoms with Crippen molar-refractivity contribution in [2.75, 3.05) is 13.7 Å². The number of benzene rings is 1. The second-order valence-electron chi connectivity index (χ2n) is 5.00. The van der Waals surface area contributed by atoms with Crippen molar-refractivity contribution in [2.24, 2.45) is 0 Å². The highest BCUT2D eigenvalue weighted by atomic mass is 19.1. The number of hydrogen-bond donors (Lipinski definition) is 2. The fourth-order valence-corrected chi connectivity index (χ4v) is 2.09. The lowest BCUT2D eigenvalue weighted by atomic mass is 9.80. The van der Waals surface area contributed by atoms with E-state index in [0.717, 1.165) is 6.42 Å². The Bertz CT molecular complexity index is 472. The summed E-state index contributed by atoms with van der Waals surface area (Å²) in [6, 6.07) is 4.15. The second-order valence-corrected chi connectivity index (χ2v) is 5.00. The lowest BCUT2D eigenvalue weighted by Gasteiger charge is -2.36. The van der Waals surface area contributed by atoms with Gasteiger partial charge in [0.25, 0.3) is 5.91 Å². The Labute approximate surface area is 111 Å². The van der Waals surface area contributed by atoms with Crippen molar-refractivity contribution < 1.29 is 19.0 Å². The van der Waals surface area contributed by atoms with Gasteiger partial charge in [-0.1, -0.05) is 0 Å². The first-order chi connectivity index (χ1) is 9.04. The smallest absolute Gasteiger partial charge is 0.251 e. The van der Waals surface area contributed by atoms with Crippen molar-refractivity contribution in [2.45, 2.75) is 31.5 Å². The van der Waals surface area contributed by atoms with E-state index in [4.69, 9.17) is 4.74 Å². The molecule has 4 nitrogen and oxygen atoms in total. The molecule has 0 unspecified atom stereocenters. The van der Waals surface area contributed by atoms with Crippen LogP contribution in [0.15, 0.2) is 18.2 Å². The number of halogens is 1. The maximum Gasteiger partial charge on any atom is 0.251 e. The molecule has 1 amide bonds. The van der Waals surface area contributed by atoms with Crippen LogP contribution in [0.25, 0.3) is 0 Å². The SMILES string of the molecule is COCc1cc(C(=O)NCC2(O)CCC2)ccc1F. The quantitative estimate of drug-likeness (QED) is 0.852. The van der Waals surface area contributed by atoms with E-state index in [9.17, 15) is 14.3 Å². The van der Waals surface area contributed by atoms with Gasteiger partial charge in [-0.25, -0.2) is 4.39 Å². The summed E-state index contributed by atoms with van der Waals surface area (Å²) in [4.78, 5) is 11.9. The Morgan fingerprint density at radius 3 is 2.84 bits per heavy atom. The summed E-state index contributed by atoms with van der Waals surface area (Å²) in [5.74, 6) is -0.700. The Balaban J connectivity index is 2.00. The molecule has 5 heteroatoms. The molecule has 0 aliphatic heterocycles. The number of nitrogens with one attached hydrogen (secondary N) is 1. The van der Waals surface area contributed by atoms with Crippen LogP contribution in [-0.4, -0.2) is 30.3 Å². The third-order valence-corrected chi connectivity index (χ3v) is 3.47. The molecule has 1 saturated carbocycles. The van der Waals surface area contributed by atoms with Crippen molar-refractivity contribution >= 4 is 5.91 Å². The van der Waals surface area contributed by atoms with Crippen LogP contribution in [0, 0.1) is 5.82 Å². The van der Waals surface area contributed by atoms with Crippen molar-refractivity contribution in [1.82, 2.24) is 5.32 Å². The van der Waals surface area contributed by atoms with Crippen molar-refractivity contribution in [1.29, 1.82) is 0 Å². The predicted molar refractivity (Wildman–Crippen MR) is 68.2 cm³/mol. The van der Waals surface area contributed by atoms with Gasteiger partial charge in [0.05, 0.1) is 12.2 Å². The molecule has 1 aliphatic rings. The standard InChI is InChI=1S/C14H18FNO3/c1-19-8-11-7-10(3-4-12(11)15)13(17)16-9-14(18)5-2-6-14/h3-4,7,18H,2,5-6,8-9H2,1H3,(H,16,17). The number of amides is 1. The Morgan fingerprint density at radius 2 is 2.26 bits per heavy atom. The molecular formula is C14H18FNO3. The molecule has 0 radical (unpaired) electrons. The van der Waals surface area contributed by atoms with Gasteiger partial charge in [-0.2, -0.15) is 0 Å². The van der Waals surface area contributed by atoms with Gasteiger partial charge in [-0.05, 0) is 37.5 Å². The van der Waals surface area contributed by atoms with Crippen LogP contribution >= 0.6 is 0 Å². The highest BCUT2D eigenvalue weighted by molar-refractivity contribution is 5.94. The zero-order valence-corrected chi connectivity index (χ0v) is 10.9. The predicted octanol–water partition coefficient (Wildman–Crippen LogP) is 1.62. The first-order valence-corrected chi connectivity index (χ1v) is 6.32. The van der Waals surface area contributed by atoms with Gasteiger partial charge in [0.15, 0.2) is 0 Å². The third kappa shape index (κ3) is 3.30. The van der Waals surface area contributed by atoms with E-state index in [0.29, 0.717) is 24.0 Å². The van der Waals surface area contributed by atoms with Crippen molar-refractivity contribution in [3.63, 3.8) is 0 Å². The molecule has 0 spiro atoms. The summed E-state index contributed by atoms with van der Waals surface area (Å²) in [6.45, 7) is 0.361. The lowest BCUT2D eigenvalue weighted by molar-refractivity contribution is -0.0300. The molecule has 0 bridgehead atoms. The van der Waals surface area contributed by atoms with E-state index in [1.54, 1.807) is 0 Å². The van der Waals surface area contributed by atoms with E-state index in [1.807, 2.05) is 0 Å². The summed E-state index contributed by atoms with van der Waals surface area (Å²) in [7, 11) is 1.47. The molecule has 19 heavy (non-hydrogen) atoms. The van der Waals surface area contributed by atoms with Crippen LogP contribution in [0.4, 0.5) is 4.39 Å². The topological polar surface area (TPSA) is 58.6 Å². The van der Waals surface area contributed by atoms with E-state index in [2.05, 4.69) is 5.32 Å². The molecule has 2 N–H and O–H groups in total. The van der Waals surface area contributed by atoms with Gasteiger partial charge in [0, 0.05) is 24.8 Å². The van der Waals surface area contributed by atoms with Crippen LogP contribution in [0.2, 0.25) is 0 Å². The molecule has 2 rings (SSSR count). The summed E-state index contributed by atoms with van der Waals surface area (Å²) < 4.78 is 18.3. The van der Waals surface area contributed by atoms with Gasteiger partial charge in [-0.3, -0.25) is 4.79 Å². The summed E-state index contributed by atoms with van der Waals surface area (Å²) in [5.41, 5.74) is -0.0423. The minimum Gasteiger partial charge on any atom is -0.388 e. The number of carbonyl (C=O) groups is 1. The first kappa shape index (κ1) is 14.0. The average Bonchev–Trinajstić information content (AvgIpc) is 2.36.